The van der Waals surface area contributed by atoms with Crippen LogP contribution in [0.1, 0.15) is 24.7 Å². The molecular weight excluding hydrogens is 540 g/mol. The quantitative estimate of drug-likeness (QED) is 0.440. The van der Waals surface area contributed by atoms with Crippen LogP contribution in [0.2, 0.25) is 5.02 Å². The van der Waals surface area contributed by atoms with Gasteiger partial charge in [-0.1, -0.05) is 34.5 Å². The summed E-state index contributed by atoms with van der Waals surface area (Å²) in [5.74, 6) is 0.253. The van der Waals surface area contributed by atoms with E-state index in [9.17, 15) is 9.59 Å². The van der Waals surface area contributed by atoms with Crippen molar-refractivity contribution in [3.05, 3.63) is 66.0 Å². The van der Waals surface area contributed by atoms with E-state index in [1.165, 1.54) is 10.9 Å². The normalized spacial score (nSPS) is 11.3. The van der Waals surface area contributed by atoms with E-state index >= 15 is 0 Å². The van der Waals surface area contributed by atoms with Gasteiger partial charge in [-0.05, 0) is 52.7 Å². The molecule has 3 aromatic rings. The second-order valence-electron chi connectivity index (χ2n) is 6.36. The second-order valence-corrected chi connectivity index (χ2v) is 8.57. The fourth-order valence-electron chi connectivity index (χ4n) is 2.79. The standard InChI is InChI=1S/C20H17Br2ClN4O3/c1-2-3-18-26-16-5-4-12(21)7-14(16)20(29)27(18)25-9-11-6-13(23)8-15(22)19(11)30-10-17(24)28/h4-9H,2-3,10H2,1H3,(H2,24,28). The largest absolute Gasteiger partial charge is 0.482 e. The number of primary amides is 1. The number of aromatic nitrogens is 2. The van der Waals surface area contributed by atoms with Crippen molar-refractivity contribution in [3.63, 3.8) is 0 Å². The summed E-state index contributed by atoms with van der Waals surface area (Å²) >= 11 is 12.9. The summed E-state index contributed by atoms with van der Waals surface area (Å²) in [6, 6.07) is 8.58. The minimum absolute atomic E-state index is 0.290. The van der Waals surface area contributed by atoms with Crippen molar-refractivity contribution in [2.45, 2.75) is 19.8 Å². The first-order valence-electron chi connectivity index (χ1n) is 8.95. The number of nitrogens with two attached hydrogens (primary N) is 1. The van der Waals surface area contributed by atoms with Crippen LogP contribution in [0.4, 0.5) is 0 Å². The summed E-state index contributed by atoms with van der Waals surface area (Å²) < 4.78 is 8.05. The Morgan fingerprint density at radius 3 is 2.80 bits per heavy atom. The molecule has 30 heavy (non-hydrogen) atoms. The Hall–Kier alpha value is -2.23. The van der Waals surface area contributed by atoms with Gasteiger partial charge in [-0.15, -0.1) is 0 Å². The van der Waals surface area contributed by atoms with E-state index < -0.39 is 5.91 Å². The third kappa shape index (κ3) is 5.08. The van der Waals surface area contributed by atoms with E-state index in [2.05, 4.69) is 41.9 Å². The smallest absolute Gasteiger partial charge is 0.282 e. The lowest BCUT2D eigenvalue weighted by atomic mass is 10.2. The zero-order chi connectivity index (χ0) is 21.8. The van der Waals surface area contributed by atoms with Crippen molar-refractivity contribution >= 4 is 66.5 Å². The van der Waals surface area contributed by atoms with Crippen LogP contribution in [-0.2, 0) is 11.2 Å². The average Bonchev–Trinajstić information content (AvgIpc) is 2.67. The SMILES string of the molecule is CCCc1nc2ccc(Br)cc2c(=O)n1N=Cc1cc(Cl)cc(Br)c1OCC(N)=O. The number of halogens is 3. The molecule has 2 aromatic carbocycles. The van der Waals surface area contributed by atoms with Crippen LogP contribution < -0.4 is 16.0 Å². The Labute approximate surface area is 194 Å². The maximum Gasteiger partial charge on any atom is 0.282 e. The van der Waals surface area contributed by atoms with Gasteiger partial charge in [0.05, 0.1) is 21.6 Å². The van der Waals surface area contributed by atoms with Crippen LogP contribution in [0.25, 0.3) is 10.9 Å². The van der Waals surface area contributed by atoms with Gasteiger partial charge in [-0.25, -0.2) is 4.98 Å². The molecule has 0 saturated heterocycles. The number of aryl methyl sites for hydroxylation is 1. The van der Waals surface area contributed by atoms with Crippen molar-refractivity contribution in [2.75, 3.05) is 6.61 Å². The molecule has 7 nitrogen and oxygen atoms in total. The van der Waals surface area contributed by atoms with Gasteiger partial charge in [0.15, 0.2) is 6.61 Å². The van der Waals surface area contributed by atoms with E-state index in [0.29, 0.717) is 44.0 Å². The molecule has 10 heteroatoms. The molecule has 1 amide bonds. The minimum Gasteiger partial charge on any atom is -0.482 e. The molecule has 0 saturated carbocycles. The van der Waals surface area contributed by atoms with Crippen LogP contribution in [0.5, 0.6) is 5.75 Å². The number of amides is 1. The van der Waals surface area contributed by atoms with Gasteiger partial charge >= 0.3 is 0 Å². The summed E-state index contributed by atoms with van der Waals surface area (Å²) in [5.41, 5.74) is 5.96. The fourth-order valence-corrected chi connectivity index (χ4v) is 4.10. The zero-order valence-corrected chi connectivity index (χ0v) is 19.8. The average molecular weight is 557 g/mol. The third-order valence-corrected chi connectivity index (χ3v) is 5.36. The van der Waals surface area contributed by atoms with Gasteiger partial charge in [0.1, 0.15) is 11.6 Å². The van der Waals surface area contributed by atoms with Crippen LogP contribution in [0.3, 0.4) is 0 Å². The number of rotatable bonds is 7. The molecular formula is C20H17Br2ClN4O3. The number of carbonyl (C=O) groups is 1. The summed E-state index contributed by atoms with van der Waals surface area (Å²) in [5, 5.41) is 5.24. The number of ether oxygens (including phenoxy) is 1. The molecule has 0 unspecified atom stereocenters. The predicted molar refractivity (Wildman–Crippen MR) is 125 cm³/mol. The maximum absolute atomic E-state index is 13.1. The summed E-state index contributed by atoms with van der Waals surface area (Å²) in [4.78, 5) is 28.8. The lowest BCUT2D eigenvalue weighted by molar-refractivity contribution is -0.119. The second kappa shape index (κ2) is 9.72. The Morgan fingerprint density at radius 1 is 1.33 bits per heavy atom. The van der Waals surface area contributed by atoms with E-state index in [4.69, 9.17) is 22.1 Å². The van der Waals surface area contributed by atoms with Crippen molar-refractivity contribution in [1.82, 2.24) is 9.66 Å². The first-order valence-corrected chi connectivity index (χ1v) is 10.9. The number of carbonyl (C=O) groups excluding carboxylic acids is 1. The Bertz CT molecular complexity index is 1210. The Kier molecular flexibility index (Phi) is 7.27. The number of fused-ring (bicyclic) bond motifs is 1. The highest BCUT2D eigenvalue weighted by atomic mass is 79.9. The third-order valence-electron chi connectivity index (χ3n) is 4.06. The lowest BCUT2D eigenvalue weighted by Crippen LogP contribution is -2.22. The van der Waals surface area contributed by atoms with E-state index in [0.717, 1.165) is 10.9 Å². The van der Waals surface area contributed by atoms with Crippen LogP contribution in [0.15, 0.2) is 49.2 Å². The highest BCUT2D eigenvalue weighted by Crippen LogP contribution is 2.32. The highest BCUT2D eigenvalue weighted by Gasteiger charge is 2.13. The molecule has 1 aromatic heterocycles. The summed E-state index contributed by atoms with van der Waals surface area (Å²) in [6.45, 7) is 1.68. The van der Waals surface area contributed by atoms with Crippen LogP contribution in [0, 0.1) is 0 Å². The van der Waals surface area contributed by atoms with Crippen LogP contribution in [-0.4, -0.2) is 28.4 Å². The molecule has 0 aliphatic rings. The van der Waals surface area contributed by atoms with Crippen molar-refractivity contribution < 1.29 is 9.53 Å². The summed E-state index contributed by atoms with van der Waals surface area (Å²) in [7, 11) is 0. The number of nitrogens with zero attached hydrogens (tertiary/aromatic N) is 3. The maximum atomic E-state index is 13.1. The van der Waals surface area contributed by atoms with Gasteiger partial charge in [0.25, 0.3) is 11.5 Å². The molecule has 0 aliphatic carbocycles. The zero-order valence-electron chi connectivity index (χ0n) is 15.9. The molecule has 0 radical (unpaired) electrons. The molecule has 0 fully saturated rings. The number of hydrogen-bond acceptors (Lipinski definition) is 5. The monoisotopic (exact) mass is 554 g/mol. The molecule has 2 N–H and O–H groups in total. The number of benzene rings is 2. The molecule has 0 atom stereocenters. The highest BCUT2D eigenvalue weighted by molar-refractivity contribution is 9.10. The van der Waals surface area contributed by atoms with Crippen molar-refractivity contribution in [3.8, 4) is 5.75 Å². The molecule has 1 heterocycles. The Balaban J connectivity index is 2.14. The van der Waals surface area contributed by atoms with Gasteiger partial charge < -0.3 is 10.5 Å². The van der Waals surface area contributed by atoms with Gasteiger partial charge in [-0.3, -0.25) is 9.59 Å². The first-order chi connectivity index (χ1) is 14.3. The lowest BCUT2D eigenvalue weighted by Gasteiger charge is -2.11. The Morgan fingerprint density at radius 2 is 2.10 bits per heavy atom. The van der Waals surface area contributed by atoms with Crippen molar-refractivity contribution in [1.29, 1.82) is 0 Å². The van der Waals surface area contributed by atoms with Crippen molar-refractivity contribution in [2.24, 2.45) is 10.8 Å². The first kappa shape index (κ1) is 22.5. The van der Waals surface area contributed by atoms with E-state index in [1.807, 2.05) is 13.0 Å². The topological polar surface area (TPSA) is 99.6 Å². The minimum atomic E-state index is -0.620. The predicted octanol–water partition coefficient (Wildman–Crippen LogP) is 4.27. The van der Waals surface area contributed by atoms with E-state index in [-0.39, 0.29) is 12.2 Å². The molecule has 3 rings (SSSR count). The van der Waals surface area contributed by atoms with Gasteiger partial charge in [0, 0.05) is 21.5 Å². The molecule has 0 bridgehead atoms. The van der Waals surface area contributed by atoms with Gasteiger partial charge in [-0.2, -0.15) is 9.78 Å². The van der Waals surface area contributed by atoms with Crippen LogP contribution >= 0.6 is 43.5 Å². The number of hydrogen-bond donors (Lipinski definition) is 1. The molecule has 0 aliphatic heterocycles. The van der Waals surface area contributed by atoms with E-state index in [1.54, 1.807) is 24.3 Å². The molecule has 156 valence electrons. The van der Waals surface area contributed by atoms with Gasteiger partial charge in [0.2, 0.25) is 0 Å². The molecule has 0 spiro atoms. The summed E-state index contributed by atoms with van der Waals surface area (Å²) in [6.07, 6.45) is 2.81. The fraction of sp³-hybridized carbons (Fsp3) is 0.200.